The fourth-order valence-corrected chi connectivity index (χ4v) is 5.37. The summed E-state index contributed by atoms with van der Waals surface area (Å²) in [5, 5.41) is 2.92. The van der Waals surface area contributed by atoms with E-state index in [1.807, 2.05) is 30.3 Å². The summed E-state index contributed by atoms with van der Waals surface area (Å²) in [5.41, 5.74) is -2.80. The van der Waals surface area contributed by atoms with E-state index in [0.29, 0.717) is 37.6 Å². The van der Waals surface area contributed by atoms with Gasteiger partial charge in [0.1, 0.15) is 0 Å². The lowest BCUT2D eigenvalue weighted by Gasteiger charge is -2.49. The van der Waals surface area contributed by atoms with Crippen LogP contribution in [0.25, 0.3) is 0 Å². The van der Waals surface area contributed by atoms with Crippen molar-refractivity contribution in [2.45, 2.75) is 56.6 Å². The smallest absolute Gasteiger partial charge is 0.372 e. The van der Waals surface area contributed by atoms with Crippen molar-refractivity contribution in [3.63, 3.8) is 0 Å². The van der Waals surface area contributed by atoms with Crippen LogP contribution >= 0.6 is 0 Å². The van der Waals surface area contributed by atoms with Gasteiger partial charge in [0, 0.05) is 13.1 Å². The number of fused-ring (bicyclic) bond motifs is 2. The molecule has 0 saturated carbocycles. The Hall–Kier alpha value is -2.59. The summed E-state index contributed by atoms with van der Waals surface area (Å²) in [6.45, 7) is 2.85. The van der Waals surface area contributed by atoms with Gasteiger partial charge in [-0.25, -0.2) is 0 Å². The third-order valence-electron chi connectivity index (χ3n) is 7.46. The number of nitrogens with zero attached hydrogens (tertiary/aromatic N) is 1. The summed E-state index contributed by atoms with van der Waals surface area (Å²) < 4.78 is 86.4. The van der Waals surface area contributed by atoms with Gasteiger partial charge in [0.2, 0.25) is 5.91 Å². The quantitative estimate of drug-likeness (QED) is 0.462. The zero-order valence-electron chi connectivity index (χ0n) is 20.5. The van der Waals surface area contributed by atoms with E-state index in [2.05, 4.69) is 10.2 Å². The van der Waals surface area contributed by atoms with Crippen LogP contribution in [0, 0.1) is 5.92 Å². The molecule has 2 aliphatic heterocycles. The normalized spacial score (nSPS) is 26.0. The van der Waals surface area contributed by atoms with Crippen molar-refractivity contribution in [3.05, 3.63) is 70.8 Å². The highest BCUT2D eigenvalue weighted by molar-refractivity contribution is 5.78. The van der Waals surface area contributed by atoms with Crippen molar-refractivity contribution < 1.29 is 35.9 Å². The molecule has 0 spiro atoms. The number of amides is 1. The second-order valence-corrected chi connectivity index (χ2v) is 9.97. The van der Waals surface area contributed by atoms with E-state index in [9.17, 15) is 31.1 Å². The highest BCUT2D eigenvalue weighted by Crippen LogP contribution is 2.43. The van der Waals surface area contributed by atoms with Gasteiger partial charge in [-0.05, 0) is 67.9 Å². The molecule has 2 heterocycles. The van der Waals surface area contributed by atoms with Gasteiger partial charge in [0.05, 0.1) is 35.9 Å². The monoisotopic (exact) mass is 528 g/mol. The van der Waals surface area contributed by atoms with Crippen LogP contribution in [0.4, 0.5) is 26.3 Å². The number of hydrogen-bond acceptors (Lipinski definition) is 3. The lowest BCUT2D eigenvalue weighted by molar-refractivity contribution is -0.143. The molecule has 4 atom stereocenters. The number of ether oxygens (including phenoxy) is 1. The van der Waals surface area contributed by atoms with Gasteiger partial charge in [0.15, 0.2) is 0 Å². The molecule has 2 aromatic rings. The molecule has 4 nitrogen and oxygen atoms in total. The van der Waals surface area contributed by atoms with E-state index in [-0.39, 0.29) is 30.7 Å². The summed E-state index contributed by atoms with van der Waals surface area (Å²) in [5.74, 6) is 0.267. The van der Waals surface area contributed by atoms with Crippen LogP contribution in [-0.4, -0.2) is 37.0 Å². The van der Waals surface area contributed by atoms with Gasteiger partial charge >= 0.3 is 12.4 Å². The number of alkyl halides is 6. The molecule has 0 aromatic heterocycles. The Balaban J connectivity index is 1.66. The fourth-order valence-electron chi connectivity index (χ4n) is 5.37. The summed E-state index contributed by atoms with van der Waals surface area (Å²) in [6, 6.07) is 11.0. The van der Waals surface area contributed by atoms with E-state index < -0.39 is 35.1 Å². The predicted molar refractivity (Wildman–Crippen MR) is 125 cm³/mol. The molecule has 2 aromatic carbocycles. The van der Waals surface area contributed by atoms with Crippen molar-refractivity contribution in [1.29, 1.82) is 0 Å². The van der Waals surface area contributed by atoms with Crippen LogP contribution in [-0.2, 0) is 27.4 Å². The van der Waals surface area contributed by atoms with Crippen LogP contribution in [0.1, 0.15) is 61.0 Å². The maximum atomic E-state index is 13.4. The maximum Gasteiger partial charge on any atom is 0.416 e. The highest BCUT2D eigenvalue weighted by atomic mass is 19.4. The van der Waals surface area contributed by atoms with Crippen molar-refractivity contribution in [2.24, 2.45) is 5.92 Å². The second kappa shape index (κ2) is 10.6. The standard InChI is InChI=1S/C27H30F6N2O2/c1-18(20-12-22(26(28,29)30)14-23(13-20)27(31,32)33)37-17-25(21-7-3-2-4-8-21)10-9-19-6-5-11-34-24(36)16-35(25)15-19/h2-4,7-8,12-14,18-19H,5-6,9-11,15-17H2,1H3,(H,34,36)/t18-,19+,25-/m1/s1. The largest absolute Gasteiger partial charge is 0.416 e. The third-order valence-corrected chi connectivity index (χ3v) is 7.46. The number of rotatable bonds is 5. The molecule has 2 fully saturated rings. The molecule has 2 aliphatic rings. The Morgan fingerprint density at radius 3 is 2.30 bits per heavy atom. The minimum absolute atomic E-state index is 0.00970. The minimum Gasteiger partial charge on any atom is -0.372 e. The molecule has 202 valence electrons. The lowest BCUT2D eigenvalue weighted by Crippen LogP contribution is -2.56. The Morgan fingerprint density at radius 2 is 1.68 bits per heavy atom. The minimum atomic E-state index is -4.93. The first-order valence-corrected chi connectivity index (χ1v) is 12.4. The summed E-state index contributed by atoms with van der Waals surface area (Å²) in [4.78, 5) is 14.7. The predicted octanol–water partition coefficient (Wildman–Crippen LogP) is 6.32. The Kier molecular flexibility index (Phi) is 7.90. The Morgan fingerprint density at radius 1 is 1.03 bits per heavy atom. The molecular formula is C27H30F6N2O2. The summed E-state index contributed by atoms with van der Waals surface area (Å²) >= 11 is 0. The van der Waals surface area contributed by atoms with Crippen LogP contribution in [0.2, 0.25) is 0 Å². The van der Waals surface area contributed by atoms with Crippen LogP contribution in [0.15, 0.2) is 48.5 Å². The molecule has 0 aliphatic carbocycles. The van der Waals surface area contributed by atoms with Gasteiger partial charge in [-0.3, -0.25) is 9.69 Å². The fraction of sp³-hybridized carbons (Fsp3) is 0.519. The molecule has 4 rings (SSSR count). The van der Waals surface area contributed by atoms with Crippen molar-refractivity contribution in [2.75, 3.05) is 26.2 Å². The first-order valence-electron chi connectivity index (χ1n) is 12.4. The zero-order chi connectivity index (χ0) is 26.8. The summed E-state index contributed by atoms with van der Waals surface area (Å²) in [6.07, 6.45) is -7.55. The van der Waals surface area contributed by atoms with Gasteiger partial charge < -0.3 is 10.1 Å². The number of carbonyl (C=O) groups is 1. The summed E-state index contributed by atoms with van der Waals surface area (Å²) in [7, 11) is 0. The maximum absolute atomic E-state index is 13.4. The van der Waals surface area contributed by atoms with Crippen LogP contribution < -0.4 is 5.32 Å². The molecule has 37 heavy (non-hydrogen) atoms. The van der Waals surface area contributed by atoms with E-state index >= 15 is 0 Å². The number of piperidine rings is 1. The number of nitrogens with one attached hydrogen (secondary N) is 1. The molecule has 2 bridgehead atoms. The van der Waals surface area contributed by atoms with Crippen molar-refractivity contribution in [3.8, 4) is 0 Å². The zero-order valence-corrected chi connectivity index (χ0v) is 20.5. The molecule has 2 saturated heterocycles. The van der Waals surface area contributed by atoms with Gasteiger partial charge in [-0.2, -0.15) is 26.3 Å². The highest BCUT2D eigenvalue weighted by Gasteiger charge is 2.45. The van der Waals surface area contributed by atoms with Crippen molar-refractivity contribution >= 4 is 5.91 Å². The van der Waals surface area contributed by atoms with Crippen LogP contribution in [0.3, 0.4) is 0 Å². The molecular weight excluding hydrogens is 498 g/mol. The average Bonchev–Trinajstić information content (AvgIpc) is 2.92. The number of halogens is 6. The Bertz CT molecular complexity index is 1060. The van der Waals surface area contributed by atoms with Crippen molar-refractivity contribution in [1.82, 2.24) is 10.2 Å². The SMILES string of the molecule is C[C@@H](OC[C@@]1(c2ccccc2)CC[C@@H]2CCCNC(=O)CN1C2)c1cc(C(F)(F)F)cc(C(F)(F)F)c1. The first-order chi connectivity index (χ1) is 17.4. The van der Waals surface area contributed by atoms with Gasteiger partial charge in [0.25, 0.3) is 0 Å². The number of carbonyl (C=O) groups excluding carboxylic acids is 1. The topological polar surface area (TPSA) is 41.6 Å². The molecule has 1 amide bonds. The lowest BCUT2D eigenvalue weighted by atomic mass is 9.76. The van der Waals surface area contributed by atoms with E-state index in [1.165, 1.54) is 6.92 Å². The Labute approximate surface area is 212 Å². The van der Waals surface area contributed by atoms with E-state index in [1.54, 1.807) is 0 Å². The first kappa shape index (κ1) is 27.4. The van der Waals surface area contributed by atoms with Gasteiger partial charge in [-0.1, -0.05) is 30.3 Å². The second-order valence-electron chi connectivity index (χ2n) is 9.97. The average molecular weight is 529 g/mol. The molecule has 1 N–H and O–H groups in total. The van der Waals surface area contributed by atoms with Gasteiger partial charge in [-0.15, -0.1) is 0 Å². The van der Waals surface area contributed by atoms with Crippen LogP contribution in [0.5, 0.6) is 0 Å². The molecule has 10 heteroatoms. The molecule has 1 unspecified atom stereocenters. The molecule has 0 radical (unpaired) electrons. The van der Waals surface area contributed by atoms with E-state index in [0.717, 1.165) is 24.8 Å². The number of hydrogen-bond donors (Lipinski definition) is 1. The third kappa shape index (κ3) is 6.29. The number of benzene rings is 2. The van der Waals surface area contributed by atoms with E-state index in [4.69, 9.17) is 4.74 Å².